The van der Waals surface area contributed by atoms with E-state index < -0.39 is 10.0 Å². The summed E-state index contributed by atoms with van der Waals surface area (Å²) in [6.45, 7) is 2.49. The van der Waals surface area contributed by atoms with Crippen molar-refractivity contribution in [3.8, 4) is 0 Å². The lowest BCUT2D eigenvalue weighted by molar-refractivity contribution is 0.411. The van der Waals surface area contributed by atoms with E-state index in [-0.39, 0.29) is 11.4 Å². The minimum atomic E-state index is -3.70. The second-order valence-corrected chi connectivity index (χ2v) is 6.50. The number of aromatic nitrogens is 2. The van der Waals surface area contributed by atoms with E-state index in [1.54, 1.807) is 6.07 Å². The number of hydrogen-bond acceptors (Lipinski definition) is 6. The predicted molar refractivity (Wildman–Crippen MR) is 76.6 cm³/mol. The molecular weight excluding hydrogens is 348 g/mol. The number of hydrogen-bond donors (Lipinski definition) is 2. The quantitative estimate of drug-likeness (QED) is 0.814. The Morgan fingerprint density at radius 1 is 1.45 bits per heavy atom. The summed E-state index contributed by atoms with van der Waals surface area (Å²) in [7, 11) is -3.70. The Bertz CT molecular complexity index is 673. The zero-order valence-electron chi connectivity index (χ0n) is 10.6. The molecule has 0 aliphatic heterocycles. The summed E-state index contributed by atoms with van der Waals surface area (Å²) in [5, 5.41) is 6.56. The predicted octanol–water partition coefficient (Wildman–Crippen LogP) is 1.74. The number of nitrogens with one attached hydrogen (secondary N) is 2. The Balaban J connectivity index is 2.26. The fraction of sp³-hybridized carbons (Fsp3) is 0.273. The highest BCUT2D eigenvalue weighted by atomic mass is 79.9. The molecule has 2 aromatic heterocycles. The highest BCUT2D eigenvalue weighted by Crippen LogP contribution is 2.22. The first-order valence-electron chi connectivity index (χ1n) is 5.81. The van der Waals surface area contributed by atoms with Crippen molar-refractivity contribution in [3.05, 3.63) is 34.8 Å². The summed E-state index contributed by atoms with van der Waals surface area (Å²) in [5.41, 5.74) is 0.501. The van der Waals surface area contributed by atoms with Crippen LogP contribution in [0.25, 0.3) is 0 Å². The first-order valence-corrected chi connectivity index (χ1v) is 8.09. The van der Waals surface area contributed by atoms with Gasteiger partial charge in [-0.2, -0.15) is 0 Å². The minimum Gasteiger partial charge on any atom is -0.369 e. The number of rotatable bonds is 6. The maximum Gasteiger partial charge on any atom is 0.244 e. The lowest BCUT2D eigenvalue weighted by atomic mass is 10.4. The summed E-state index contributed by atoms with van der Waals surface area (Å²) in [4.78, 5) is 4.15. The second kappa shape index (κ2) is 6.33. The normalized spacial score (nSPS) is 11.5. The highest BCUT2D eigenvalue weighted by molar-refractivity contribution is 9.10. The van der Waals surface area contributed by atoms with Crippen molar-refractivity contribution in [2.24, 2.45) is 0 Å². The van der Waals surface area contributed by atoms with Gasteiger partial charge in [-0.1, -0.05) is 5.16 Å². The molecule has 0 bridgehead atoms. The molecule has 0 spiro atoms. The van der Waals surface area contributed by atoms with Gasteiger partial charge in [-0.3, -0.25) is 0 Å². The third-order valence-electron chi connectivity index (χ3n) is 2.39. The van der Waals surface area contributed by atoms with Crippen LogP contribution in [0.5, 0.6) is 0 Å². The number of halogens is 1. The van der Waals surface area contributed by atoms with Crippen LogP contribution in [-0.2, 0) is 16.6 Å². The van der Waals surface area contributed by atoms with Gasteiger partial charge < -0.3 is 9.84 Å². The molecule has 0 saturated carbocycles. The first kappa shape index (κ1) is 14.9. The van der Waals surface area contributed by atoms with E-state index in [0.717, 1.165) is 0 Å². The fourth-order valence-electron chi connectivity index (χ4n) is 1.50. The van der Waals surface area contributed by atoms with Crippen LogP contribution < -0.4 is 10.0 Å². The standard InChI is InChI=1S/C11H13BrN4O3S/c1-2-13-11-10(5-8(12)6-14-11)20(17,18)15-7-9-3-4-19-16-9/h3-6,15H,2,7H2,1H3,(H,13,14). The van der Waals surface area contributed by atoms with Crippen LogP contribution in [-0.4, -0.2) is 25.1 Å². The maximum absolute atomic E-state index is 12.3. The third-order valence-corrected chi connectivity index (χ3v) is 4.24. The van der Waals surface area contributed by atoms with Crippen LogP contribution in [0.15, 0.2) is 38.5 Å². The SMILES string of the molecule is CCNc1ncc(Br)cc1S(=O)(=O)NCc1ccon1. The van der Waals surface area contributed by atoms with Gasteiger partial charge >= 0.3 is 0 Å². The Labute approximate surface area is 124 Å². The summed E-state index contributed by atoms with van der Waals surface area (Å²) in [6, 6.07) is 3.09. The summed E-state index contributed by atoms with van der Waals surface area (Å²) >= 11 is 3.22. The smallest absolute Gasteiger partial charge is 0.244 e. The van der Waals surface area contributed by atoms with Crippen molar-refractivity contribution >= 4 is 31.8 Å². The van der Waals surface area contributed by atoms with Crippen molar-refractivity contribution in [2.75, 3.05) is 11.9 Å². The molecule has 20 heavy (non-hydrogen) atoms. The van der Waals surface area contributed by atoms with E-state index >= 15 is 0 Å². The van der Waals surface area contributed by atoms with E-state index in [2.05, 4.69) is 40.6 Å². The van der Waals surface area contributed by atoms with Gasteiger partial charge in [-0.15, -0.1) is 0 Å². The maximum atomic E-state index is 12.3. The van der Waals surface area contributed by atoms with Crippen molar-refractivity contribution in [1.82, 2.24) is 14.9 Å². The van der Waals surface area contributed by atoms with Gasteiger partial charge in [0.2, 0.25) is 10.0 Å². The van der Waals surface area contributed by atoms with Gasteiger partial charge in [0.05, 0.1) is 12.2 Å². The van der Waals surface area contributed by atoms with Gasteiger partial charge in [0.25, 0.3) is 0 Å². The fourth-order valence-corrected chi connectivity index (χ4v) is 3.14. The summed E-state index contributed by atoms with van der Waals surface area (Å²) < 4.78 is 32.3. The van der Waals surface area contributed by atoms with Gasteiger partial charge in [0, 0.05) is 23.3 Å². The van der Waals surface area contributed by atoms with Crippen molar-refractivity contribution in [3.63, 3.8) is 0 Å². The molecule has 9 heteroatoms. The van der Waals surface area contributed by atoms with Crippen LogP contribution in [0.3, 0.4) is 0 Å². The molecule has 0 saturated heterocycles. The van der Waals surface area contributed by atoms with Gasteiger partial charge in [0.15, 0.2) is 0 Å². The molecule has 0 amide bonds. The molecule has 0 aromatic carbocycles. The molecular formula is C11H13BrN4O3S. The zero-order valence-corrected chi connectivity index (χ0v) is 13.0. The molecule has 0 radical (unpaired) electrons. The van der Waals surface area contributed by atoms with Crippen LogP contribution in [0.2, 0.25) is 0 Å². The van der Waals surface area contributed by atoms with Crippen LogP contribution >= 0.6 is 15.9 Å². The molecule has 7 nitrogen and oxygen atoms in total. The number of nitrogens with zero attached hydrogens (tertiary/aromatic N) is 2. The molecule has 0 atom stereocenters. The number of pyridine rings is 1. The van der Waals surface area contributed by atoms with E-state index in [0.29, 0.717) is 22.5 Å². The number of anilines is 1. The van der Waals surface area contributed by atoms with Crippen LogP contribution in [0, 0.1) is 0 Å². The Hall–Kier alpha value is -1.45. The van der Waals surface area contributed by atoms with Crippen molar-refractivity contribution < 1.29 is 12.9 Å². The van der Waals surface area contributed by atoms with Crippen LogP contribution in [0.4, 0.5) is 5.82 Å². The highest BCUT2D eigenvalue weighted by Gasteiger charge is 2.20. The van der Waals surface area contributed by atoms with E-state index in [4.69, 9.17) is 0 Å². The molecule has 2 heterocycles. The third kappa shape index (κ3) is 3.56. The average Bonchev–Trinajstić information content (AvgIpc) is 2.92. The summed E-state index contributed by atoms with van der Waals surface area (Å²) in [5.74, 6) is 0.309. The Morgan fingerprint density at radius 3 is 2.90 bits per heavy atom. The minimum absolute atomic E-state index is 0.0525. The number of sulfonamides is 1. The van der Waals surface area contributed by atoms with E-state index in [9.17, 15) is 8.42 Å². The largest absolute Gasteiger partial charge is 0.369 e. The monoisotopic (exact) mass is 360 g/mol. The van der Waals surface area contributed by atoms with Crippen LogP contribution in [0.1, 0.15) is 12.6 Å². The molecule has 2 rings (SSSR count). The lowest BCUT2D eigenvalue weighted by Gasteiger charge is -2.11. The van der Waals surface area contributed by atoms with E-state index in [1.807, 2.05) is 6.92 Å². The first-order chi connectivity index (χ1) is 9.53. The average molecular weight is 361 g/mol. The molecule has 2 aromatic rings. The van der Waals surface area contributed by atoms with Gasteiger partial charge in [-0.05, 0) is 28.9 Å². The topological polar surface area (TPSA) is 97.1 Å². The lowest BCUT2D eigenvalue weighted by Crippen LogP contribution is -2.25. The molecule has 0 aliphatic carbocycles. The molecule has 0 aliphatic rings. The Kier molecular flexibility index (Phi) is 4.73. The van der Waals surface area contributed by atoms with Crippen molar-refractivity contribution in [1.29, 1.82) is 0 Å². The van der Waals surface area contributed by atoms with E-state index in [1.165, 1.54) is 18.5 Å². The van der Waals surface area contributed by atoms with Gasteiger partial charge in [-0.25, -0.2) is 18.1 Å². The van der Waals surface area contributed by atoms with Crippen molar-refractivity contribution in [2.45, 2.75) is 18.4 Å². The molecule has 2 N–H and O–H groups in total. The molecule has 0 unspecified atom stereocenters. The Morgan fingerprint density at radius 2 is 2.25 bits per heavy atom. The zero-order chi connectivity index (χ0) is 14.6. The molecule has 0 fully saturated rings. The second-order valence-electron chi connectivity index (χ2n) is 3.85. The summed E-state index contributed by atoms with van der Waals surface area (Å²) in [6.07, 6.45) is 2.92. The van der Waals surface area contributed by atoms with Gasteiger partial charge in [0.1, 0.15) is 17.0 Å². The molecule has 108 valence electrons.